The van der Waals surface area contributed by atoms with Crippen LogP contribution in [0.15, 0.2) is 47.3 Å². The number of benzene rings is 2. The van der Waals surface area contributed by atoms with Gasteiger partial charge in [-0.2, -0.15) is 13.2 Å². The molecular weight excluding hydrogens is 460 g/mol. The molecule has 9 heteroatoms. The van der Waals surface area contributed by atoms with Crippen LogP contribution in [0, 0.1) is 5.82 Å². The maximum absolute atomic E-state index is 14.2. The summed E-state index contributed by atoms with van der Waals surface area (Å²) in [6.07, 6.45) is -1.59. The van der Waals surface area contributed by atoms with Gasteiger partial charge in [-0.3, -0.25) is 9.13 Å². The lowest BCUT2D eigenvalue weighted by atomic mass is 10.0. The predicted molar refractivity (Wildman–Crippen MR) is 126 cm³/mol. The van der Waals surface area contributed by atoms with Crippen molar-refractivity contribution >= 4 is 21.9 Å². The molecule has 2 aromatic carbocycles. The van der Waals surface area contributed by atoms with Crippen LogP contribution >= 0.6 is 0 Å². The van der Waals surface area contributed by atoms with Crippen molar-refractivity contribution in [2.24, 2.45) is 5.73 Å². The Balaban J connectivity index is 1.45. The predicted octanol–water partition coefficient (Wildman–Crippen LogP) is 5.57. The summed E-state index contributed by atoms with van der Waals surface area (Å²) in [5, 5.41) is 0.881. The Labute approximate surface area is 198 Å². The summed E-state index contributed by atoms with van der Waals surface area (Å²) < 4.78 is 57.9. The number of rotatable bonds is 7. The highest BCUT2D eigenvalue weighted by Gasteiger charge is 2.40. The molecule has 2 fully saturated rings. The summed E-state index contributed by atoms with van der Waals surface area (Å²) >= 11 is 0. The van der Waals surface area contributed by atoms with Crippen molar-refractivity contribution in [3.8, 4) is 0 Å². The third kappa shape index (κ3) is 4.05. The van der Waals surface area contributed by atoms with Gasteiger partial charge in [0.2, 0.25) is 0 Å². The van der Waals surface area contributed by atoms with E-state index in [0.29, 0.717) is 16.7 Å². The van der Waals surface area contributed by atoms with Gasteiger partial charge >= 0.3 is 11.9 Å². The molecule has 0 spiro atoms. The molecule has 4 aromatic rings. The third-order valence-corrected chi connectivity index (χ3v) is 7.35. The molecular formula is C26H26F4N4O. The first-order valence-electron chi connectivity index (χ1n) is 12.0. The van der Waals surface area contributed by atoms with Gasteiger partial charge in [0.15, 0.2) is 0 Å². The van der Waals surface area contributed by atoms with E-state index in [1.807, 2.05) is 28.8 Å². The average molecular weight is 487 g/mol. The van der Waals surface area contributed by atoms with Crippen molar-refractivity contribution in [1.29, 1.82) is 0 Å². The molecule has 0 amide bonds. The van der Waals surface area contributed by atoms with Crippen LogP contribution in [-0.4, -0.2) is 19.9 Å². The molecule has 0 saturated heterocycles. The van der Waals surface area contributed by atoms with Crippen LogP contribution in [0.1, 0.15) is 55.8 Å². The van der Waals surface area contributed by atoms with E-state index in [1.54, 1.807) is 10.6 Å². The Bertz CT molecular complexity index is 1500. The van der Waals surface area contributed by atoms with Gasteiger partial charge in [-0.05, 0) is 74.1 Å². The number of hydrogen-bond acceptors (Lipinski definition) is 2. The summed E-state index contributed by atoms with van der Waals surface area (Å²) in [6, 6.07) is 12.2. The van der Waals surface area contributed by atoms with Crippen molar-refractivity contribution in [2.75, 3.05) is 0 Å². The summed E-state index contributed by atoms with van der Waals surface area (Å²) in [5.41, 5.74) is 9.51. The monoisotopic (exact) mass is 486 g/mol. The van der Waals surface area contributed by atoms with Crippen LogP contribution < -0.4 is 11.4 Å². The van der Waals surface area contributed by atoms with E-state index < -0.39 is 18.4 Å². The number of alkyl halides is 3. The summed E-state index contributed by atoms with van der Waals surface area (Å²) in [6.45, 7) is 0.304. The van der Waals surface area contributed by atoms with Crippen LogP contribution in [0.5, 0.6) is 0 Å². The second-order valence-corrected chi connectivity index (χ2v) is 10.0. The van der Waals surface area contributed by atoms with Crippen molar-refractivity contribution in [1.82, 2.24) is 13.7 Å². The second kappa shape index (κ2) is 7.71. The molecule has 0 unspecified atom stereocenters. The summed E-state index contributed by atoms with van der Waals surface area (Å²) in [7, 11) is 0. The van der Waals surface area contributed by atoms with Gasteiger partial charge in [0.25, 0.3) is 0 Å². The molecule has 2 N–H and O–H groups in total. The lowest BCUT2D eigenvalue weighted by Crippen LogP contribution is -2.25. The SMILES string of the molecule is NC1(c2ccc3c(c2)cc(Cn2c(=O)n(C4CC4)c4ccc(F)cc42)n3CCCC(F)(F)F)CC1. The van der Waals surface area contributed by atoms with Gasteiger partial charge in [-0.15, -0.1) is 0 Å². The zero-order chi connectivity index (χ0) is 24.5. The van der Waals surface area contributed by atoms with E-state index in [2.05, 4.69) is 0 Å². The smallest absolute Gasteiger partial charge is 0.343 e. The maximum atomic E-state index is 14.2. The van der Waals surface area contributed by atoms with Gasteiger partial charge in [0.05, 0.1) is 17.6 Å². The lowest BCUT2D eigenvalue weighted by molar-refractivity contribution is -0.135. The van der Waals surface area contributed by atoms with Crippen molar-refractivity contribution in [3.63, 3.8) is 0 Å². The fourth-order valence-electron chi connectivity index (χ4n) is 5.15. The van der Waals surface area contributed by atoms with Gasteiger partial charge < -0.3 is 10.3 Å². The molecule has 184 valence electrons. The number of fused-ring (bicyclic) bond motifs is 2. The van der Waals surface area contributed by atoms with E-state index in [4.69, 9.17) is 5.73 Å². The van der Waals surface area contributed by atoms with E-state index in [1.165, 1.54) is 16.7 Å². The number of halogens is 4. The standard InChI is InChI=1S/C26H26F4N4O/c27-18-3-7-22-23(14-18)33(24(35)34(22)19-4-5-19)15-20-13-16-12-17(25(31)9-10-25)2-6-21(16)32(20)11-1-8-26(28,29)30/h2-3,6-7,12-14,19H,1,4-5,8-11,15,31H2. The van der Waals surface area contributed by atoms with Crippen molar-refractivity contribution in [3.05, 3.63) is 70.0 Å². The molecule has 2 saturated carbocycles. The van der Waals surface area contributed by atoms with Crippen LogP contribution in [0.4, 0.5) is 17.6 Å². The lowest BCUT2D eigenvalue weighted by Gasteiger charge is -2.14. The number of hydrogen-bond donors (Lipinski definition) is 1. The zero-order valence-corrected chi connectivity index (χ0v) is 19.1. The van der Waals surface area contributed by atoms with Crippen molar-refractivity contribution < 1.29 is 17.6 Å². The average Bonchev–Trinajstić information content (AvgIpc) is 3.72. The topological polar surface area (TPSA) is 57.9 Å². The Morgan fingerprint density at radius 2 is 1.71 bits per heavy atom. The Morgan fingerprint density at radius 3 is 2.40 bits per heavy atom. The van der Waals surface area contributed by atoms with E-state index in [9.17, 15) is 22.4 Å². The first-order valence-corrected chi connectivity index (χ1v) is 12.0. The molecule has 0 bridgehead atoms. The quantitative estimate of drug-likeness (QED) is 0.347. The van der Waals surface area contributed by atoms with Crippen LogP contribution in [0.25, 0.3) is 21.9 Å². The van der Waals surface area contributed by atoms with Gasteiger partial charge in [0, 0.05) is 41.1 Å². The first kappa shape index (κ1) is 22.4. The van der Waals surface area contributed by atoms with Crippen LogP contribution in [-0.2, 0) is 18.6 Å². The van der Waals surface area contributed by atoms with Crippen molar-refractivity contribution in [2.45, 2.75) is 69.4 Å². The molecule has 2 heterocycles. The minimum absolute atomic E-state index is 0.0732. The molecule has 5 nitrogen and oxygen atoms in total. The second-order valence-electron chi connectivity index (χ2n) is 10.0. The highest BCUT2D eigenvalue weighted by molar-refractivity contribution is 5.83. The Hall–Kier alpha value is -3.07. The zero-order valence-electron chi connectivity index (χ0n) is 19.1. The van der Waals surface area contributed by atoms with Gasteiger partial charge in [0.1, 0.15) is 5.82 Å². The first-order chi connectivity index (χ1) is 16.6. The molecule has 2 aliphatic rings. The summed E-state index contributed by atoms with van der Waals surface area (Å²) in [5.74, 6) is -0.438. The Kier molecular flexibility index (Phi) is 4.94. The number of nitrogens with two attached hydrogens (primary N) is 1. The highest BCUT2D eigenvalue weighted by atomic mass is 19.4. The molecule has 0 aliphatic heterocycles. The van der Waals surface area contributed by atoms with Crippen LogP contribution in [0.2, 0.25) is 0 Å². The normalized spacial score (nSPS) is 17.5. The van der Waals surface area contributed by atoms with Crippen LogP contribution in [0.3, 0.4) is 0 Å². The molecule has 6 rings (SSSR count). The number of aryl methyl sites for hydroxylation is 1. The molecule has 35 heavy (non-hydrogen) atoms. The van der Waals surface area contributed by atoms with Gasteiger partial charge in [-0.1, -0.05) is 6.07 Å². The van der Waals surface area contributed by atoms with Gasteiger partial charge in [-0.25, -0.2) is 9.18 Å². The minimum Gasteiger partial charge on any atom is -0.343 e. The Morgan fingerprint density at radius 1 is 0.971 bits per heavy atom. The summed E-state index contributed by atoms with van der Waals surface area (Å²) in [4.78, 5) is 13.4. The van der Waals surface area contributed by atoms with E-state index >= 15 is 0 Å². The third-order valence-electron chi connectivity index (χ3n) is 7.35. The number of imidazole rings is 1. The molecule has 0 radical (unpaired) electrons. The van der Waals surface area contributed by atoms with E-state index in [0.717, 1.165) is 42.1 Å². The fourth-order valence-corrected chi connectivity index (χ4v) is 5.15. The number of aromatic nitrogens is 3. The maximum Gasteiger partial charge on any atom is 0.389 e. The largest absolute Gasteiger partial charge is 0.389 e. The molecule has 0 atom stereocenters. The minimum atomic E-state index is -4.24. The highest BCUT2D eigenvalue weighted by Crippen LogP contribution is 2.43. The number of nitrogens with zero attached hydrogens (tertiary/aromatic N) is 3. The molecule has 2 aromatic heterocycles. The van der Waals surface area contributed by atoms with E-state index in [-0.39, 0.29) is 36.8 Å². The fraction of sp³-hybridized carbons (Fsp3) is 0.423. The molecule has 2 aliphatic carbocycles.